The summed E-state index contributed by atoms with van der Waals surface area (Å²) in [4.78, 5) is 11.8. The maximum Gasteiger partial charge on any atom is 0.349 e. The molecular formula is C14H20ClNO3. The van der Waals surface area contributed by atoms with Crippen molar-refractivity contribution in [2.45, 2.75) is 39.8 Å². The van der Waals surface area contributed by atoms with Gasteiger partial charge in [0.15, 0.2) is 5.60 Å². The second kappa shape index (κ2) is 6.26. The fourth-order valence-electron chi connectivity index (χ4n) is 1.65. The van der Waals surface area contributed by atoms with Crippen LogP contribution in [0.15, 0.2) is 12.1 Å². The van der Waals surface area contributed by atoms with Crippen LogP contribution in [0.25, 0.3) is 0 Å². The van der Waals surface area contributed by atoms with Gasteiger partial charge >= 0.3 is 5.97 Å². The minimum atomic E-state index is -1.09. The lowest BCUT2D eigenvalue weighted by Crippen LogP contribution is -2.40. The molecule has 106 valence electrons. The molecule has 0 aliphatic heterocycles. The fraction of sp³-hybridized carbons (Fsp3) is 0.500. The third kappa shape index (κ3) is 3.85. The minimum absolute atomic E-state index is 0.310. The van der Waals surface area contributed by atoms with Gasteiger partial charge in [0.05, 0.1) is 11.6 Å². The Hall–Kier alpha value is -1.26. The zero-order chi connectivity index (χ0) is 14.6. The van der Waals surface area contributed by atoms with Crippen LogP contribution in [0.2, 0.25) is 5.02 Å². The Kier molecular flexibility index (Phi) is 5.20. The molecule has 1 aromatic carbocycles. The van der Waals surface area contributed by atoms with Crippen LogP contribution < -0.4 is 10.5 Å². The van der Waals surface area contributed by atoms with Gasteiger partial charge in [0, 0.05) is 6.54 Å². The second-order valence-electron chi connectivity index (χ2n) is 4.76. The fourth-order valence-corrected chi connectivity index (χ4v) is 1.98. The SMILES string of the molecule is CCOC(=O)C(C)(C)Oc1c(C)cc(CN)cc1Cl. The van der Waals surface area contributed by atoms with Gasteiger partial charge in [-0.05, 0) is 44.9 Å². The number of ether oxygens (including phenoxy) is 2. The van der Waals surface area contributed by atoms with Gasteiger partial charge in [-0.15, -0.1) is 0 Å². The summed E-state index contributed by atoms with van der Waals surface area (Å²) in [5.41, 5.74) is 6.25. The third-order valence-electron chi connectivity index (χ3n) is 2.65. The number of esters is 1. The molecule has 4 nitrogen and oxygen atoms in total. The summed E-state index contributed by atoms with van der Waals surface area (Å²) in [6, 6.07) is 3.63. The maximum absolute atomic E-state index is 11.8. The van der Waals surface area contributed by atoms with Gasteiger partial charge < -0.3 is 15.2 Å². The van der Waals surface area contributed by atoms with Gasteiger partial charge in [0.1, 0.15) is 5.75 Å². The molecule has 0 amide bonds. The van der Waals surface area contributed by atoms with E-state index in [2.05, 4.69) is 0 Å². The molecule has 1 aromatic rings. The monoisotopic (exact) mass is 285 g/mol. The van der Waals surface area contributed by atoms with Crippen molar-refractivity contribution >= 4 is 17.6 Å². The first-order valence-electron chi connectivity index (χ1n) is 6.17. The standard InChI is InChI=1S/C14H20ClNO3/c1-5-18-13(17)14(3,4)19-12-9(2)6-10(8-16)7-11(12)15/h6-7H,5,8,16H2,1-4H3. The van der Waals surface area contributed by atoms with Gasteiger partial charge in [-0.2, -0.15) is 0 Å². The van der Waals surface area contributed by atoms with Crippen LogP contribution in [0, 0.1) is 6.92 Å². The largest absolute Gasteiger partial charge is 0.474 e. The van der Waals surface area contributed by atoms with Crippen LogP contribution in [0.3, 0.4) is 0 Å². The van der Waals surface area contributed by atoms with Crippen LogP contribution in [0.4, 0.5) is 0 Å². The van der Waals surface area contributed by atoms with E-state index in [0.29, 0.717) is 23.9 Å². The van der Waals surface area contributed by atoms with E-state index >= 15 is 0 Å². The van der Waals surface area contributed by atoms with Gasteiger partial charge in [0.2, 0.25) is 0 Å². The van der Waals surface area contributed by atoms with Crippen LogP contribution >= 0.6 is 11.6 Å². The van der Waals surface area contributed by atoms with E-state index in [9.17, 15) is 4.79 Å². The maximum atomic E-state index is 11.8. The van der Waals surface area contributed by atoms with E-state index in [1.807, 2.05) is 13.0 Å². The van der Waals surface area contributed by atoms with Gasteiger partial charge in [0.25, 0.3) is 0 Å². The zero-order valence-electron chi connectivity index (χ0n) is 11.7. The average molecular weight is 286 g/mol. The lowest BCUT2D eigenvalue weighted by molar-refractivity contribution is -0.158. The first-order chi connectivity index (χ1) is 8.81. The molecule has 0 unspecified atom stereocenters. The molecule has 0 spiro atoms. The Balaban J connectivity index is 3.02. The molecule has 0 atom stereocenters. The van der Waals surface area contributed by atoms with Crippen LogP contribution in [-0.2, 0) is 16.1 Å². The van der Waals surface area contributed by atoms with Gasteiger partial charge in [-0.1, -0.05) is 17.7 Å². The van der Waals surface area contributed by atoms with Crippen molar-refractivity contribution in [2.75, 3.05) is 6.61 Å². The molecule has 5 heteroatoms. The number of hydrogen-bond donors (Lipinski definition) is 1. The molecule has 19 heavy (non-hydrogen) atoms. The van der Waals surface area contributed by atoms with Crippen molar-refractivity contribution in [1.82, 2.24) is 0 Å². The highest BCUT2D eigenvalue weighted by atomic mass is 35.5. The van der Waals surface area contributed by atoms with Crippen LogP contribution in [0.1, 0.15) is 31.9 Å². The molecule has 0 fully saturated rings. The molecule has 0 saturated carbocycles. The number of carbonyl (C=O) groups is 1. The van der Waals surface area contributed by atoms with Crippen LogP contribution in [-0.4, -0.2) is 18.2 Å². The van der Waals surface area contributed by atoms with E-state index in [1.54, 1.807) is 26.8 Å². The predicted molar refractivity (Wildman–Crippen MR) is 75.4 cm³/mol. The van der Waals surface area contributed by atoms with Gasteiger partial charge in [-0.3, -0.25) is 0 Å². The quantitative estimate of drug-likeness (QED) is 0.845. The lowest BCUT2D eigenvalue weighted by atomic mass is 10.1. The Morgan fingerprint density at radius 1 is 1.42 bits per heavy atom. The first-order valence-corrected chi connectivity index (χ1v) is 6.55. The molecule has 0 aliphatic rings. The molecular weight excluding hydrogens is 266 g/mol. The zero-order valence-corrected chi connectivity index (χ0v) is 12.5. The van der Waals surface area contributed by atoms with Crippen molar-refractivity contribution in [3.63, 3.8) is 0 Å². The number of carbonyl (C=O) groups excluding carboxylic acids is 1. The van der Waals surface area contributed by atoms with Gasteiger partial charge in [-0.25, -0.2) is 4.79 Å². The smallest absolute Gasteiger partial charge is 0.349 e. The molecule has 2 N–H and O–H groups in total. The Morgan fingerprint density at radius 3 is 2.53 bits per heavy atom. The predicted octanol–water partition coefficient (Wildman–Crippen LogP) is 2.83. The van der Waals surface area contributed by atoms with Crippen molar-refractivity contribution in [1.29, 1.82) is 0 Å². The Morgan fingerprint density at radius 2 is 2.05 bits per heavy atom. The molecule has 0 aromatic heterocycles. The Bertz CT molecular complexity index is 449. The highest BCUT2D eigenvalue weighted by Crippen LogP contribution is 2.33. The molecule has 0 radical (unpaired) electrons. The summed E-state index contributed by atoms with van der Waals surface area (Å²) in [5, 5.41) is 0.442. The molecule has 0 saturated heterocycles. The number of nitrogens with two attached hydrogens (primary N) is 1. The van der Waals surface area contributed by atoms with Crippen molar-refractivity contribution in [3.05, 3.63) is 28.3 Å². The summed E-state index contributed by atoms with van der Waals surface area (Å²) in [6.45, 7) is 7.63. The number of rotatable bonds is 5. The van der Waals surface area contributed by atoms with Crippen molar-refractivity contribution in [2.24, 2.45) is 5.73 Å². The summed E-state index contributed by atoms with van der Waals surface area (Å²) in [6.07, 6.45) is 0. The van der Waals surface area contributed by atoms with Crippen molar-refractivity contribution in [3.8, 4) is 5.75 Å². The topological polar surface area (TPSA) is 61.5 Å². The summed E-state index contributed by atoms with van der Waals surface area (Å²) >= 11 is 6.17. The van der Waals surface area contributed by atoms with E-state index in [1.165, 1.54) is 0 Å². The summed E-state index contributed by atoms with van der Waals surface area (Å²) in [5.74, 6) is 0.0605. The van der Waals surface area contributed by atoms with E-state index in [4.69, 9.17) is 26.8 Å². The minimum Gasteiger partial charge on any atom is -0.474 e. The molecule has 0 heterocycles. The molecule has 0 bridgehead atoms. The molecule has 0 aliphatic carbocycles. The summed E-state index contributed by atoms with van der Waals surface area (Å²) < 4.78 is 10.7. The summed E-state index contributed by atoms with van der Waals surface area (Å²) in [7, 11) is 0. The third-order valence-corrected chi connectivity index (χ3v) is 2.93. The molecule has 1 rings (SSSR count). The number of benzene rings is 1. The van der Waals surface area contributed by atoms with E-state index in [0.717, 1.165) is 11.1 Å². The number of aryl methyl sites for hydroxylation is 1. The average Bonchev–Trinajstić information content (AvgIpc) is 2.33. The highest BCUT2D eigenvalue weighted by molar-refractivity contribution is 6.32. The van der Waals surface area contributed by atoms with E-state index < -0.39 is 11.6 Å². The van der Waals surface area contributed by atoms with Crippen LogP contribution in [0.5, 0.6) is 5.75 Å². The second-order valence-corrected chi connectivity index (χ2v) is 5.17. The highest BCUT2D eigenvalue weighted by Gasteiger charge is 2.32. The van der Waals surface area contributed by atoms with E-state index in [-0.39, 0.29) is 0 Å². The normalized spacial score (nSPS) is 11.3. The Labute approximate surface area is 118 Å². The first kappa shape index (κ1) is 15.8. The lowest BCUT2D eigenvalue weighted by Gasteiger charge is -2.26. The van der Waals surface area contributed by atoms with Crippen molar-refractivity contribution < 1.29 is 14.3 Å². The number of hydrogen-bond acceptors (Lipinski definition) is 4. The number of halogens is 1.